The smallest absolute Gasteiger partial charge is 0.132 e. The number of benzene rings is 1. The van der Waals surface area contributed by atoms with Gasteiger partial charge in [-0.2, -0.15) is 0 Å². The number of hydrogen-bond donors (Lipinski definition) is 1. The maximum Gasteiger partial charge on any atom is 0.132 e. The lowest BCUT2D eigenvalue weighted by atomic mass is 9.87. The Hall–Kier alpha value is -0.480. The first-order valence-corrected chi connectivity index (χ1v) is 6.40. The van der Waals surface area contributed by atoms with E-state index in [0.29, 0.717) is 10.9 Å². The van der Waals surface area contributed by atoms with Crippen molar-refractivity contribution in [3.05, 3.63) is 33.8 Å². The Balaban J connectivity index is 2.86. The van der Waals surface area contributed by atoms with E-state index in [2.05, 4.69) is 36.7 Å². The molecule has 0 fully saturated rings. The largest absolute Gasteiger partial charge is 0.324 e. The number of halogens is 3. The normalized spacial score (nSPS) is 13.8. The second-order valence-corrected chi connectivity index (χ2v) is 6.40. The summed E-state index contributed by atoms with van der Waals surface area (Å²) in [5.41, 5.74) is 5.95. The van der Waals surface area contributed by atoms with Gasteiger partial charge in [-0.25, -0.2) is 8.78 Å². The maximum atomic E-state index is 13.6. The average molecular weight is 306 g/mol. The van der Waals surface area contributed by atoms with Gasteiger partial charge in [0.2, 0.25) is 0 Å². The van der Waals surface area contributed by atoms with Crippen LogP contribution in [0.5, 0.6) is 0 Å². The van der Waals surface area contributed by atoms with Crippen LogP contribution in [0.15, 0.2) is 16.6 Å². The van der Waals surface area contributed by atoms with Crippen LogP contribution < -0.4 is 5.73 Å². The SMILES string of the molecule is CC(C)(C)CCC(N)c1c(F)cc(Br)cc1F. The molecule has 2 N–H and O–H groups in total. The molecule has 1 nitrogen and oxygen atoms in total. The van der Waals surface area contributed by atoms with Gasteiger partial charge in [-0.3, -0.25) is 0 Å². The van der Waals surface area contributed by atoms with Gasteiger partial charge in [-0.1, -0.05) is 36.7 Å². The van der Waals surface area contributed by atoms with E-state index in [1.165, 1.54) is 12.1 Å². The Kier molecular flexibility index (Phi) is 4.67. The summed E-state index contributed by atoms with van der Waals surface area (Å²) in [6.45, 7) is 6.23. The molecule has 1 rings (SSSR count). The van der Waals surface area contributed by atoms with Crippen molar-refractivity contribution in [3.8, 4) is 0 Å². The van der Waals surface area contributed by atoms with Crippen molar-refractivity contribution < 1.29 is 8.78 Å². The lowest BCUT2D eigenvalue weighted by Gasteiger charge is -2.21. The van der Waals surface area contributed by atoms with E-state index >= 15 is 0 Å². The fourth-order valence-corrected chi connectivity index (χ4v) is 2.04. The molecule has 1 aromatic rings. The third-order valence-corrected chi connectivity index (χ3v) is 3.08. The van der Waals surface area contributed by atoms with Crippen LogP contribution in [-0.2, 0) is 0 Å². The molecule has 0 aliphatic heterocycles. The fraction of sp³-hybridized carbons (Fsp3) is 0.538. The summed E-state index contributed by atoms with van der Waals surface area (Å²) in [5.74, 6) is -1.17. The van der Waals surface area contributed by atoms with Gasteiger partial charge in [0.25, 0.3) is 0 Å². The highest BCUT2D eigenvalue weighted by Gasteiger charge is 2.20. The lowest BCUT2D eigenvalue weighted by molar-refractivity contribution is 0.344. The van der Waals surface area contributed by atoms with Gasteiger partial charge in [0, 0.05) is 16.1 Å². The highest BCUT2D eigenvalue weighted by molar-refractivity contribution is 9.10. The minimum atomic E-state index is -0.595. The molecule has 0 aliphatic carbocycles. The molecular weight excluding hydrogens is 288 g/mol. The number of hydrogen-bond acceptors (Lipinski definition) is 1. The van der Waals surface area contributed by atoms with E-state index in [-0.39, 0.29) is 11.0 Å². The first-order valence-electron chi connectivity index (χ1n) is 5.61. The lowest BCUT2D eigenvalue weighted by Crippen LogP contribution is -2.17. The Morgan fingerprint density at radius 2 is 1.71 bits per heavy atom. The van der Waals surface area contributed by atoms with Crippen molar-refractivity contribution in [3.63, 3.8) is 0 Å². The van der Waals surface area contributed by atoms with Gasteiger partial charge < -0.3 is 5.73 Å². The molecule has 0 saturated heterocycles. The highest BCUT2D eigenvalue weighted by atomic mass is 79.9. The van der Waals surface area contributed by atoms with Gasteiger partial charge in [0.15, 0.2) is 0 Å². The molecule has 0 aliphatic rings. The molecule has 1 atom stereocenters. The Labute approximate surface area is 110 Å². The molecule has 4 heteroatoms. The summed E-state index contributed by atoms with van der Waals surface area (Å²) >= 11 is 3.05. The monoisotopic (exact) mass is 305 g/mol. The van der Waals surface area contributed by atoms with Crippen LogP contribution in [0, 0.1) is 17.0 Å². The van der Waals surface area contributed by atoms with E-state index < -0.39 is 17.7 Å². The first kappa shape index (κ1) is 14.6. The topological polar surface area (TPSA) is 26.0 Å². The van der Waals surface area contributed by atoms with Crippen LogP contribution in [0.2, 0.25) is 0 Å². The Morgan fingerprint density at radius 3 is 2.12 bits per heavy atom. The summed E-state index contributed by atoms with van der Waals surface area (Å²) in [6.07, 6.45) is 1.39. The summed E-state index contributed by atoms with van der Waals surface area (Å²) in [7, 11) is 0. The van der Waals surface area contributed by atoms with E-state index in [0.717, 1.165) is 6.42 Å². The Bertz CT molecular complexity index is 376. The second-order valence-electron chi connectivity index (χ2n) is 5.49. The first-order chi connectivity index (χ1) is 7.70. The summed E-state index contributed by atoms with van der Waals surface area (Å²) < 4.78 is 27.7. The van der Waals surface area contributed by atoms with Crippen LogP contribution >= 0.6 is 15.9 Å². The number of nitrogens with two attached hydrogens (primary N) is 1. The van der Waals surface area contributed by atoms with Crippen molar-refractivity contribution in [1.29, 1.82) is 0 Å². The molecule has 17 heavy (non-hydrogen) atoms. The minimum absolute atomic E-state index is 0.0162. The van der Waals surface area contributed by atoms with Crippen LogP contribution in [0.1, 0.15) is 45.2 Å². The molecule has 0 spiro atoms. The van der Waals surface area contributed by atoms with E-state index in [1.807, 2.05) is 0 Å². The van der Waals surface area contributed by atoms with Gasteiger partial charge in [-0.05, 0) is 30.4 Å². The van der Waals surface area contributed by atoms with Crippen molar-refractivity contribution in [2.45, 2.75) is 39.7 Å². The minimum Gasteiger partial charge on any atom is -0.324 e. The zero-order valence-electron chi connectivity index (χ0n) is 10.4. The highest BCUT2D eigenvalue weighted by Crippen LogP contribution is 2.30. The van der Waals surface area contributed by atoms with Gasteiger partial charge in [0.1, 0.15) is 11.6 Å². The van der Waals surface area contributed by atoms with Crippen molar-refractivity contribution in [2.24, 2.45) is 11.1 Å². The quantitative estimate of drug-likeness (QED) is 0.871. The maximum absolute atomic E-state index is 13.6. The van der Waals surface area contributed by atoms with E-state index in [4.69, 9.17) is 5.73 Å². The van der Waals surface area contributed by atoms with Gasteiger partial charge >= 0.3 is 0 Å². The summed E-state index contributed by atoms with van der Waals surface area (Å²) in [5, 5.41) is 0. The molecule has 1 aromatic carbocycles. The summed E-state index contributed by atoms with van der Waals surface area (Å²) in [6, 6.07) is 1.90. The van der Waals surface area contributed by atoms with Crippen LogP contribution in [-0.4, -0.2) is 0 Å². The van der Waals surface area contributed by atoms with Gasteiger partial charge in [-0.15, -0.1) is 0 Å². The summed E-state index contributed by atoms with van der Waals surface area (Å²) in [4.78, 5) is 0. The van der Waals surface area contributed by atoms with Crippen LogP contribution in [0.25, 0.3) is 0 Å². The van der Waals surface area contributed by atoms with E-state index in [9.17, 15) is 8.78 Å². The zero-order chi connectivity index (χ0) is 13.2. The van der Waals surface area contributed by atoms with E-state index in [1.54, 1.807) is 0 Å². The molecule has 96 valence electrons. The third-order valence-electron chi connectivity index (χ3n) is 2.62. The number of rotatable bonds is 3. The van der Waals surface area contributed by atoms with Crippen molar-refractivity contribution in [2.75, 3.05) is 0 Å². The van der Waals surface area contributed by atoms with Crippen LogP contribution in [0.3, 0.4) is 0 Å². The molecule has 0 saturated carbocycles. The molecule has 0 amide bonds. The zero-order valence-corrected chi connectivity index (χ0v) is 11.9. The second kappa shape index (κ2) is 5.44. The molecule has 0 bridgehead atoms. The van der Waals surface area contributed by atoms with Crippen molar-refractivity contribution in [1.82, 2.24) is 0 Å². The van der Waals surface area contributed by atoms with Crippen molar-refractivity contribution >= 4 is 15.9 Å². The fourth-order valence-electron chi connectivity index (χ4n) is 1.64. The predicted octanol–water partition coefficient (Wildman–Crippen LogP) is 4.55. The molecule has 0 heterocycles. The third kappa shape index (κ3) is 4.36. The van der Waals surface area contributed by atoms with Crippen LogP contribution in [0.4, 0.5) is 8.78 Å². The molecule has 0 aromatic heterocycles. The predicted molar refractivity (Wildman–Crippen MR) is 69.7 cm³/mol. The molecular formula is C13H18BrF2N. The van der Waals surface area contributed by atoms with Gasteiger partial charge in [0.05, 0.1) is 0 Å². The molecule has 1 unspecified atom stereocenters. The average Bonchev–Trinajstić information content (AvgIpc) is 2.11. The molecule has 0 radical (unpaired) electrons. The standard InChI is InChI=1S/C13H18BrF2N/c1-13(2,3)5-4-11(17)12-9(15)6-8(14)7-10(12)16/h6-7,11H,4-5,17H2,1-3H3. The Morgan fingerprint density at radius 1 is 1.24 bits per heavy atom.